The summed E-state index contributed by atoms with van der Waals surface area (Å²) in [7, 11) is 0. The van der Waals surface area contributed by atoms with Gasteiger partial charge in [-0.2, -0.15) is 4.58 Å². The first-order chi connectivity index (χ1) is 8.34. The highest BCUT2D eigenvalue weighted by atomic mass is 15.0. The summed E-state index contributed by atoms with van der Waals surface area (Å²) in [4.78, 5) is 0. The second-order valence-corrected chi connectivity index (χ2v) is 4.61. The zero-order valence-corrected chi connectivity index (χ0v) is 10.1. The first-order valence-electron chi connectivity index (χ1n) is 6.06. The molecule has 0 aliphatic carbocycles. The molecule has 0 unspecified atom stereocenters. The minimum Gasteiger partial charge on any atom is -0.195 e. The average molecular weight is 222 g/mol. The highest BCUT2D eigenvalue weighted by molar-refractivity contribution is 5.84. The van der Waals surface area contributed by atoms with Crippen LogP contribution in [0.5, 0.6) is 0 Å². The van der Waals surface area contributed by atoms with Crippen molar-refractivity contribution in [2.75, 3.05) is 0 Å². The van der Waals surface area contributed by atoms with Gasteiger partial charge in [0.1, 0.15) is 0 Å². The number of benzene rings is 2. The van der Waals surface area contributed by atoms with Crippen molar-refractivity contribution in [3.8, 4) is 0 Å². The van der Waals surface area contributed by atoms with Crippen LogP contribution in [0.25, 0.3) is 0 Å². The zero-order chi connectivity index (χ0) is 11.7. The fraction of sp³-hybridized carbons (Fsp3) is 0.188. The van der Waals surface area contributed by atoms with Crippen LogP contribution in [-0.2, 0) is 13.0 Å². The highest BCUT2D eigenvalue weighted by Gasteiger charge is 2.25. The number of para-hydroxylation sites is 1. The topological polar surface area (TPSA) is 3.01 Å². The Morgan fingerprint density at radius 3 is 2.47 bits per heavy atom. The molecule has 1 heteroatoms. The van der Waals surface area contributed by atoms with E-state index in [1.807, 2.05) is 0 Å². The second kappa shape index (κ2) is 4.17. The molecule has 0 N–H and O–H groups in total. The molecule has 0 amide bonds. The van der Waals surface area contributed by atoms with Crippen molar-refractivity contribution in [1.82, 2.24) is 0 Å². The van der Waals surface area contributed by atoms with E-state index in [0.717, 1.165) is 13.0 Å². The van der Waals surface area contributed by atoms with Crippen molar-refractivity contribution in [1.29, 1.82) is 0 Å². The van der Waals surface area contributed by atoms with Crippen LogP contribution in [0.15, 0.2) is 54.6 Å². The maximum absolute atomic E-state index is 2.42. The first kappa shape index (κ1) is 10.3. The maximum Gasteiger partial charge on any atom is 0.209 e. The van der Waals surface area contributed by atoms with Gasteiger partial charge in [0.2, 0.25) is 5.69 Å². The largest absolute Gasteiger partial charge is 0.209 e. The lowest BCUT2D eigenvalue weighted by molar-refractivity contribution is -0.455. The molecular formula is C16H16N+. The Morgan fingerprint density at radius 1 is 0.941 bits per heavy atom. The Bertz CT molecular complexity index is 567. The molecule has 0 spiro atoms. The number of hydrogen-bond donors (Lipinski definition) is 0. The van der Waals surface area contributed by atoms with E-state index in [1.165, 1.54) is 22.5 Å². The molecule has 2 aromatic carbocycles. The van der Waals surface area contributed by atoms with Crippen LogP contribution in [-0.4, -0.2) is 10.3 Å². The fourth-order valence-corrected chi connectivity index (χ4v) is 2.49. The van der Waals surface area contributed by atoms with Gasteiger partial charge in [0.05, 0.1) is 6.42 Å². The summed E-state index contributed by atoms with van der Waals surface area (Å²) >= 11 is 0. The molecule has 0 bridgehead atoms. The van der Waals surface area contributed by atoms with Gasteiger partial charge in [-0.3, -0.25) is 0 Å². The third kappa shape index (κ3) is 1.89. The van der Waals surface area contributed by atoms with Gasteiger partial charge in [0.25, 0.3) is 0 Å². The Morgan fingerprint density at radius 2 is 1.65 bits per heavy atom. The van der Waals surface area contributed by atoms with E-state index in [-0.39, 0.29) is 0 Å². The van der Waals surface area contributed by atoms with Crippen molar-refractivity contribution < 1.29 is 4.58 Å². The molecule has 1 aliphatic heterocycles. The van der Waals surface area contributed by atoms with Gasteiger partial charge in [0, 0.05) is 24.1 Å². The van der Waals surface area contributed by atoms with Crippen LogP contribution >= 0.6 is 0 Å². The van der Waals surface area contributed by atoms with Crippen LogP contribution < -0.4 is 0 Å². The standard InChI is InChI=1S/C16H16N/c1-13-11-15-9-5-6-10-16(15)17(13)12-14-7-3-2-4-8-14/h2-10H,11-12H2,1H3/q+1. The lowest BCUT2D eigenvalue weighted by Crippen LogP contribution is -2.09. The summed E-state index contributed by atoms with van der Waals surface area (Å²) in [5.74, 6) is 0. The van der Waals surface area contributed by atoms with Crippen LogP contribution in [0.4, 0.5) is 5.69 Å². The minimum atomic E-state index is 0.976. The molecule has 1 aliphatic rings. The molecule has 17 heavy (non-hydrogen) atoms. The van der Waals surface area contributed by atoms with E-state index >= 15 is 0 Å². The van der Waals surface area contributed by atoms with Crippen molar-refractivity contribution in [2.24, 2.45) is 0 Å². The summed E-state index contributed by atoms with van der Waals surface area (Å²) in [6, 6.07) is 19.3. The van der Waals surface area contributed by atoms with Gasteiger partial charge < -0.3 is 0 Å². The van der Waals surface area contributed by atoms with E-state index in [0.29, 0.717) is 0 Å². The molecule has 1 nitrogen and oxygen atoms in total. The van der Waals surface area contributed by atoms with E-state index in [2.05, 4.69) is 66.1 Å². The van der Waals surface area contributed by atoms with E-state index in [4.69, 9.17) is 0 Å². The molecule has 1 heterocycles. The normalized spacial score (nSPS) is 13.9. The number of hydrogen-bond acceptors (Lipinski definition) is 0. The number of rotatable bonds is 2. The van der Waals surface area contributed by atoms with E-state index < -0.39 is 0 Å². The van der Waals surface area contributed by atoms with Crippen molar-refractivity contribution in [2.45, 2.75) is 19.9 Å². The van der Waals surface area contributed by atoms with Crippen LogP contribution in [0, 0.1) is 0 Å². The van der Waals surface area contributed by atoms with Gasteiger partial charge >= 0.3 is 0 Å². The monoisotopic (exact) mass is 222 g/mol. The summed E-state index contributed by atoms with van der Waals surface area (Å²) in [6.45, 7) is 3.20. The predicted octanol–water partition coefficient (Wildman–Crippen LogP) is 3.55. The third-order valence-corrected chi connectivity index (χ3v) is 3.37. The SMILES string of the molecule is CC1=[N+](Cc2ccccc2)c2ccccc2C1. The van der Waals surface area contributed by atoms with Gasteiger partial charge in [0.15, 0.2) is 12.3 Å². The number of nitrogens with zero attached hydrogens (tertiary/aromatic N) is 1. The first-order valence-corrected chi connectivity index (χ1v) is 6.06. The van der Waals surface area contributed by atoms with Gasteiger partial charge in [-0.25, -0.2) is 0 Å². The minimum absolute atomic E-state index is 0.976. The second-order valence-electron chi connectivity index (χ2n) is 4.61. The van der Waals surface area contributed by atoms with Crippen LogP contribution in [0.2, 0.25) is 0 Å². The summed E-state index contributed by atoms with van der Waals surface area (Å²) in [5.41, 5.74) is 5.62. The smallest absolute Gasteiger partial charge is 0.195 e. The Balaban J connectivity index is 1.96. The lowest BCUT2D eigenvalue weighted by atomic mass is 10.1. The Labute approximate surface area is 102 Å². The quantitative estimate of drug-likeness (QED) is 0.684. The molecule has 0 aromatic heterocycles. The van der Waals surface area contributed by atoms with Gasteiger partial charge in [-0.15, -0.1) is 0 Å². The van der Waals surface area contributed by atoms with Crippen molar-refractivity contribution in [3.05, 3.63) is 65.7 Å². The van der Waals surface area contributed by atoms with Crippen LogP contribution in [0.3, 0.4) is 0 Å². The van der Waals surface area contributed by atoms with Gasteiger partial charge in [-0.1, -0.05) is 48.5 Å². The fourth-order valence-electron chi connectivity index (χ4n) is 2.49. The lowest BCUT2D eigenvalue weighted by Gasteiger charge is -2.01. The van der Waals surface area contributed by atoms with Crippen molar-refractivity contribution in [3.63, 3.8) is 0 Å². The molecule has 0 saturated carbocycles. The summed E-state index contributed by atoms with van der Waals surface area (Å²) < 4.78 is 2.42. The molecular weight excluding hydrogens is 206 g/mol. The maximum atomic E-state index is 2.42. The zero-order valence-electron chi connectivity index (χ0n) is 10.1. The van der Waals surface area contributed by atoms with E-state index in [1.54, 1.807) is 0 Å². The van der Waals surface area contributed by atoms with Gasteiger partial charge in [-0.05, 0) is 0 Å². The molecule has 3 rings (SSSR count). The molecule has 84 valence electrons. The Hall–Kier alpha value is -1.89. The molecule has 0 saturated heterocycles. The third-order valence-electron chi connectivity index (χ3n) is 3.37. The molecule has 0 radical (unpaired) electrons. The van der Waals surface area contributed by atoms with E-state index in [9.17, 15) is 0 Å². The van der Waals surface area contributed by atoms with Crippen molar-refractivity contribution >= 4 is 11.4 Å². The Kier molecular flexibility index (Phi) is 2.52. The molecule has 2 aromatic rings. The average Bonchev–Trinajstić information content (AvgIpc) is 2.68. The predicted molar refractivity (Wildman–Crippen MR) is 70.9 cm³/mol. The molecule has 0 atom stereocenters. The number of fused-ring (bicyclic) bond motifs is 1. The molecule has 0 fully saturated rings. The highest BCUT2D eigenvalue weighted by Crippen LogP contribution is 2.27. The van der Waals surface area contributed by atoms with Crippen LogP contribution in [0.1, 0.15) is 18.1 Å². The summed E-state index contributed by atoms with van der Waals surface area (Å²) in [6.07, 6.45) is 1.09. The summed E-state index contributed by atoms with van der Waals surface area (Å²) in [5, 5.41) is 0.